The quantitative estimate of drug-likeness (QED) is 0.248. The predicted octanol–water partition coefficient (Wildman–Crippen LogP) is 6.54. The van der Waals surface area contributed by atoms with Crippen LogP contribution in [-0.2, 0) is 4.79 Å². The van der Waals surface area contributed by atoms with Gasteiger partial charge in [0, 0.05) is 41.4 Å². The zero-order chi connectivity index (χ0) is 28.4. The Labute approximate surface area is 232 Å². The average Bonchev–Trinajstić information content (AvgIpc) is 3.46. The minimum absolute atomic E-state index is 0.0751. The van der Waals surface area contributed by atoms with Crippen LogP contribution in [0.25, 0.3) is 33.5 Å². The zero-order valence-corrected chi connectivity index (χ0v) is 22.8. The first-order valence-electron chi connectivity index (χ1n) is 13.1. The number of fused-ring (bicyclic) bond motifs is 1. The first-order valence-corrected chi connectivity index (χ1v) is 13.1. The van der Waals surface area contributed by atoms with Crippen LogP contribution in [0.2, 0.25) is 0 Å². The number of carbonyl (C=O) groups is 2. The second kappa shape index (κ2) is 11.1. The molecular weight excluding hydrogens is 505 g/mol. The summed E-state index contributed by atoms with van der Waals surface area (Å²) in [6.45, 7) is 5.50. The number of aromatic nitrogens is 3. The maximum atomic E-state index is 13.4. The molecule has 1 atom stereocenters. The van der Waals surface area contributed by atoms with E-state index in [1.165, 1.54) is 12.1 Å². The number of imidazole rings is 1. The first kappa shape index (κ1) is 26.7. The molecule has 2 N–H and O–H groups in total. The van der Waals surface area contributed by atoms with E-state index < -0.39 is 0 Å². The molecule has 0 aliphatic rings. The predicted molar refractivity (Wildman–Crippen MR) is 155 cm³/mol. The molecule has 2 amide bonds. The Balaban J connectivity index is 1.50. The van der Waals surface area contributed by atoms with Crippen LogP contribution < -0.4 is 10.2 Å². The smallest absolute Gasteiger partial charge is 0.251 e. The molecule has 5 rings (SSSR count). The van der Waals surface area contributed by atoms with Crippen molar-refractivity contribution in [2.45, 2.75) is 26.8 Å². The summed E-state index contributed by atoms with van der Waals surface area (Å²) in [5.41, 5.74) is 3.80. The van der Waals surface area contributed by atoms with Gasteiger partial charge in [0.2, 0.25) is 5.91 Å². The van der Waals surface area contributed by atoms with Crippen LogP contribution in [-0.4, -0.2) is 33.8 Å². The molecule has 0 bridgehead atoms. The fourth-order valence-corrected chi connectivity index (χ4v) is 4.53. The third-order valence-corrected chi connectivity index (χ3v) is 6.87. The summed E-state index contributed by atoms with van der Waals surface area (Å²) >= 11 is 0. The lowest BCUT2D eigenvalue weighted by molar-refractivity contribution is -0.121. The number of carbonyl (C=O) groups excluding carboxylic acids is 2. The molecule has 8 heteroatoms. The summed E-state index contributed by atoms with van der Waals surface area (Å²) in [6.07, 6.45) is 3.50. The topological polar surface area (TPSA) is 91.0 Å². The largest absolute Gasteiger partial charge is 0.346 e. The van der Waals surface area contributed by atoms with Crippen LogP contribution in [0.3, 0.4) is 0 Å². The van der Waals surface area contributed by atoms with Gasteiger partial charge in [-0.2, -0.15) is 0 Å². The molecule has 202 valence electrons. The molecule has 0 fully saturated rings. The van der Waals surface area contributed by atoms with Crippen LogP contribution in [0, 0.1) is 11.7 Å². The van der Waals surface area contributed by atoms with Gasteiger partial charge in [0.15, 0.2) is 5.82 Å². The fraction of sp³-hybridized carbons (Fsp3) is 0.188. The van der Waals surface area contributed by atoms with Crippen LogP contribution in [0.1, 0.15) is 42.7 Å². The molecule has 5 aromatic rings. The van der Waals surface area contributed by atoms with Crippen LogP contribution >= 0.6 is 0 Å². The second-order valence-corrected chi connectivity index (χ2v) is 10.1. The zero-order valence-electron chi connectivity index (χ0n) is 22.8. The first-order chi connectivity index (χ1) is 19.2. The molecule has 0 aliphatic carbocycles. The highest BCUT2D eigenvalue weighted by Crippen LogP contribution is 2.29. The third kappa shape index (κ3) is 5.61. The van der Waals surface area contributed by atoms with Crippen molar-refractivity contribution in [3.05, 3.63) is 102 Å². The summed E-state index contributed by atoms with van der Waals surface area (Å²) in [7, 11) is 1.70. The highest BCUT2D eigenvalue weighted by molar-refractivity contribution is 6.00. The Bertz CT molecular complexity index is 1690. The number of pyridine rings is 1. The molecule has 0 spiro atoms. The van der Waals surface area contributed by atoms with Gasteiger partial charge in [0.25, 0.3) is 5.91 Å². The van der Waals surface area contributed by atoms with Gasteiger partial charge in [-0.3, -0.25) is 14.6 Å². The molecule has 3 aromatic carbocycles. The van der Waals surface area contributed by atoms with E-state index in [9.17, 15) is 14.0 Å². The number of benzene rings is 3. The molecule has 0 saturated carbocycles. The molecule has 0 aliphatic heterocycles. The van der Waals surface area contributed by atoms with Crippen molar-refractivity contribution >= 4 is 28.3 Å². The number of aromatic amines is 1. The minimum Gasteiger partial charge on any atom is -0.346 e. The Hall–Kier alpha value is -4.85. The Morgan fingerprint density at radius 2 is 1.62 bits per heavy atom. The monoisotopic (exact) mass is 535 g/mol. The van der Waals surface area contributed by atoms with Gasteiger partial charge in [0.05, 0.1) is 17.9 Å². The molecular formula is C32H30FN5O2. The fourth-order valence-electron chi connectivity index (χ4n) is 4.53. The number of hydrogen-bond acceptors (Lipinski definition) is 4. The summed E-state index contributed by atoms with van der Waals surface area (Å²) in [4.78, 5) is 40.2. The standard InChI is InChI=1S/C32H30FN5O2/c1-19(2)32(40)38(4)27-14-24(13-25(15-27)31(39)36-20(3)21-9-11-26(33)12-10-21)29-18-35-30(37-29)28-16-22-7-5-6-8-23(22)17-34-28/h5-20H,1-4H3,(H,35,37)(H,36,39). The molecule has 7 nitrogen and oxygen atoms in total. The molecule has 2 aromatic heterocycles. The van der Waals surface area contributed by atoms with Gasteiger partial charge >= 0.3 is 0 Å². The molecule has 2 heterocycles. The number of hydrogen-bond donors (Lipinski definition) is 2. The minimum atomic E-state index is -0.354. The summed E-state index contributed by atoms with van der Waals surface area (Å²) < 4.78 is 13.4. The molecule has 0 saturated heterocycles. The number of H-pyrrole nitrogens is 1. The van der Waals surface area contributed by atoms with E-state index in [1.54, 1.807) is 42.4 Å². The third-order valence-electron chi connectivity index (χ3n) is 6.87. The number of amides is 2. The van der Waals surface area contributed by atoms with E-state index >= 15 is 0 Å². The molecule has 1 unspecified atom stereocenters. The van der Waals surface area contributed by atoms with Gasteiger partial charge < -0.3 is 15.2 Å². The van der Waals surface area contributed by atoms with E-state index in [1.807, 2.05) is 63.4 Å². The van der Waals surface area contributed by atoms with Crippen molar-refractivity contribution in [3.63, 3.8) is 0 Å². The molecule has 40 heavy (non-hydrogen) atoms. The number of nitrogens with one attached hydrogen (secondary N) is 2. The lowest BCUT2D eigenvalue weighted by atomic mass is 10.0. The van der Waals surface area contributed by atoms with E-state index in [4.69, 9.17) is 0 Å². The van der Waals surface area contributed by atoms with Crippen LogP contribution in [0.4, 0.5) is 10.1 Å². The van der Waals surface area contributed by atoms with Crippen molar-refractivity contribution in [1.82, 2.24) is 20.3 Å². The van der Waals surface area contributed by atoms with Gasteiger partial charge in [-0.25, -0.2) is 9.37 Å². The maximum absolute atomic E-state index is 13.4. The number of anilines is 1. The van der Waals surface area contributed by atoms with Gasteiger partial charge in [-0.05, 0) is 54.3 Å². The Morgan fingerprint density at radius 1 is 0.900 bits per heavy atom. The Morgan fingerprint density at radius 3 is 2.35 bits per heavy atom. The van der Waals surface area contributed by atoms with Crippen molar-refractivity contribution < 1.29 is 14.0 Å². The van der Waals surface area contributed by atoms with E-state index in [2.05, 4.69) is 20.3 Å². The lowest BCUT2D eigenvalue weighted by Crippen LogP contribution is -2.31. The van der Waals surface area contributed by atoms with E-state index in [0.29, 0.717) is 34.0 Å². The lowest BCUT2D eigenvalue weighted by Gasteiger charge is -2.22. The van der Waals surface area contributed by atoms with Crippen molar-refractivity contribution in [2.24, 2.45) is 5.92 Å². The highest BCUT2D eigenvalue weighted by Gasteiger charge is 2.20. The summed E-state index contributed by atoms with van der Waals surface area (Å²) in [6, 6.07) is 20.9. The van der Waals surface area contributed by atoms with Crippen molar-refractivity contribution in [3.8, 4) is 22.8 Å². The summed E-state index contributed by atoms with van der Waals surface area (Å²) in [5, 5.41) is 5.06. The van der Waals surface area contributed by atoms with E-state index in [0.717, 1.165) is 16.3 Å². The normalized spacial score (nSPS) is 11.9. The average molecular weight is 536 g/mol. The van der Waals surface area contributed by atoms with Crippen molar-refractivity contribution in [1.29, 1.82) is 0 Å². The number of halogens is 1. The SMILES string of the molecule is CC(C)C(=O)N(C)c1cc(C(=O)NC(C)c2ccc(F)cc2)cc(-c2cnc(-c3cc4ccccc4cn3)[nH]2)c1. The Kier molecular flexibility index (Phi) is 7.42. The van der Waals surface area contributed by atoms with Gasteiger partial charge in [0.1, 0.15) is 11.5 Å². The number of nitrogens with zero attached hydrogens (tertiary/aromatic N) is 3. The maximum Gasteiger partial charge on any atom is 0.251 e. The number of rotatable bonds is 7. The molecule has 0 radical (unpaired) electrons. The van der Waals surface area contributed by atoms with Gasteiger partial charge in [-0.1, -0.05) is 50.2 Å². The second-order valence-electron chi connectivity index (χ2n) is 10.1. The van der Waals surface area contributed by atoms with Crippen molar-refractivity contribution in [2.75, 3.05) is 11.9 Å². The highest BCUT2D eigenvalue weighted by atomic mass is 19.1. The summed E-state index contributed by atoms with van der Waals surface area (Å²) in [5.74, 6) is -0.360. The van der Waals surface area contributed by atoms with Crippen LogP contribution in [0.5, 0.6) is 0 Å². The van der Waals surface area contributed by atoms with Crippen LogP contribution in [0.15, 0.2) is 85.2 Å². The van der Waals surface area contributed by atoms with Gasteiger partial charge in [-0.15, -0.1) is 0 Å². The van der Waals surface area contributed by atoms with E-state index in [-0.39, 0.29) is 29.6 Å².